The Morgan fingerprint density at radius 3 is 2.71 bits per heavy atom. The lowest BCUT2D eigenvalue weighted by Gasteiger charge is -2.42. The summed E-state index contributed by atoms with van der Waals surface area (Å²) in [5.74, 6) is 0.459. The summed E-state index contributed by atoms with van der Waals surface area (Å²) in [6.07, 6.45) is 7.76. The molecule has 3 rings (SSSR count). The average molecular weight is 293 g/mol. The average Bonchev–Trinajstić information content (AvgIpc) is 3.13. The highest BCUT2D eigenvalue weighted by atomic mass is 16.2. The van der Waals surface area contributed by atoms with Crippen LogP contribution < -0.4 is 5.32 Å². The van der Waals surface area contributed by atoms with Crippen molar-refractivity contribution >= 4 is 11.8 Å². The van der Waals surface area contributed by atoms with Gasteiger partial charge in [-0.25, -0.2) is 0 Å². The van der Waals surface area contributed by atoms with Gasteiger partial charge in [0, 0.05) is 25.7 Å². The van der Waals surface area contributed by atoms with Gasteiger partial charge in [-0.15, -0.1) is 0 Å². The van der Waals surface area contributed by atoms with Crippen LogP contribution in [-0.4, -0.2) is 60.9 Å². The zero-order valence-electron chi connectivity index (χ0n) is 13.1. The first-order chi connectivity index (χ1) is 10.2. The molecule has 118 valence electrons. The van der Waals surface area contributed by atoms with E-state index in [0.29, 0.717) is 25.0 Å². The molecule has 2 aliphatic heterocycles. The van der Waals surface area contributed by atoms with Crippen molar-refractivity contribution in [2.75, 3.05) is 33.2 Å². The van der Waals surface area contributed by atoms with Gasteiger partial charge in [-0.2, -0.15) is 0 Å². The second kappa shape index (κ2) is 5.95. The molecule has 21 heavy (non-hydrogen) atoms. The molecule has 1 spiro atoms. The lowest BCUT2D eigenvalue weighted by Crippen LogP contribution is -2.53. The molecule has 0 bridgehead atoms. The fourth-order valence-electron chi connectivity index (χ4n) is 4.39. The number of hydrogen-bond donors (Lipinski definition) is 1. The van der Waals surface area contributed by atoms with Crippen molar-refractivity contribution in [3.05, 3.63) is 0 Å². The van der Waals surface area contributed by atoms with Crippen molar-refractivity contribution in [2.24, 2.45) is 5.41 Å². The molecule has 0 aromatic rings. The van der Waals surface area contributed by atoms with E-state index in [1.807, 2.05) is 4.90 Å². The van der Waals surface area contributed by atoms with E-state index in [0.717, 1.165) is 32.4 Å². The molecule has 2 amide bonds. The summed E-state index contributed by atoms with van der Waals surface area (Å²) in [6.45, 7) is 2.67. The van der Waals surface area contributed by atoms with Crippen molar-refractivity contribution in [1.29, 1.82) is 0 Å². The van der Waals surface area contributed by atoms with Crippen LogP contribution in [0, 0.1) is 5.41 Å². The summed E-state index contributed by atoms with van der Waals surface area (Å²) < 4.78 is 0. The highest BCUT2D eigenvalue weighted by Crippen LogP contribution is 2.42. The number of rotatable bonds is 3. The molecule has 1 atom stereocenters. The maximum Gasteiger partial charge on any atom is 0.236 e. The van der Waals surface area contributed by atoms with E-state index in [9.17, 15) is 9.59 Å². The Labute approximate surface area is 127 Å². The molecular formula is C16H27N3O2. The summed E-state index contributed by atoms with van der Waals surface area (Å²) in [5, 5.41) is 2.91. The van der Waals surface area contributed by atoms with Crippen LogP contribution in [-0.2, 0) is 9.59 Å². The zero-order chi connectivity index (χ0) is 14.9. The van der Waals surface area contributed by atoms with Crippen LogP contribution in [0.4, 0.5) is 0 Å². The lowest BCUT2D eigenvalue weighted by atomic mass is 9.77. The second-order valence-electron chi connectivity index (χ2n) is 6.92. The quantitative estimate of drug-likeness (QED) is 0.844. The number of hydrogen-bond acceptors (Lipinski definition) is 3. The Bertz CT molecular complexity index is 420. The summed E-state index contributed by atoms with van der Waals surface area (Å²) >= 11 is 0. The van der Waals surface area contributed by atoms with Crippen molar-refractivity contribution < 1.29 is 9.59 Å². The van der Waals surface area contributed by atoms with E-state index in [2.05, 4.69) is 10.2 Å². The van der Waals surface area contributed by atoms with E-state index in [1.165, 1.54) is 25.7 Å². The van der Waals surface area contributed by atoms with Crippen LogP contribution in [0.3, 0.4) is 0 Å². The number of carbonyl (C=O) groups excluding carboxylic acids is 2. The van der Waals surface area contributed by atoms with Crippen molar-refractivity contribution in [1.82, 2.24) is 15.1 Å². The number of nitrogens with zero attached hydrogens (tertiary/aromatic N) is 2. The lowest BCUT2D eigenvalue weighted by molar-refractivity contribution is -0.148. The molecule has 1 aliphatic carbocycles. The molecule has 3 fully saturated rings. The molecule has 1 N–H and O–H groups in total. The predicted molar refractivity (Wildman–Crippen MR) is 80.8 cm³/mol. The van der Waals surface area contributed by atoms with E-state index < -0.39 is 0 Å². The number of carbonyl (C=O) groups is 2. The Morgan fingerprint density at radius 1 is 1.24 bits per heavy atom. The summed E-state index contributed by atoms with van der Waals surface area (Å²) in [4.78, 5) is 29.1. The van der Waals surface area contributed by atoms with Crippen molar-refractivity contribution in [3.63, 3.8) is 0 Å². The van der Waals surface area contributed by atoms with Crippen LogP contribution in [0.1, 0.15) is 44.9 Å². The van der Waals surface area contributed by atoms with Crippen LogP contribution in [0.25, 0.3) is 0 Å². The van der Waals surface area contributed by atoms with Crippen molar-refractivity contribution in [2.45, 2.75) is 51.0 Å². The Hall–Kier alpha value is -1.10. The summed E-state index contributed by atoms with van der Waals surface area (Å²) in [5.41, 5.74) is -0.274. The monoisotopic (exact) mass is 293 g/mol. The van der Waals surface area contributed by atoms with E-state index in [4.69, 9.17) is 0 Å². The fraction of sp³-hybridized carbons (Fsp3) is 0.875. The van der Waals surface area contributed by atoms with E-state index >= 15 is 0 Å². The minimum Gasteiger partial charge on any atom is -0.340 e. The van der Waals surface area contributed by atoms with Gasteiger partial charge in [0.05, 0.1) is 12.0 Å². The third-order valence-electron chi connectivity index (χ3n) is 5.57. The summed E-state index contributed by atoms with van der Waals surface area (Å²) in [7, 11) is 1.79. The first kappa shape index (κ1) is 14.8. The maximum absolute atomic E-state index is 13.0. The fourth-order valence-corrected chi connectivity index (χ4v) is 4.39. The highest BCUT2D eigenvalue weighted by Gasteiger charge is 2.50. The minimum atomic E-state index is -0.274. The normalized spacial score (nSPS) is 30.6. The highest BCUT2D eigenvalue weighted by molar-refractivity contribution is 5.86. The minimum absolute atomic E-state index is 0.125. The molecular weight excluding hydrogens is 266 g/mol. The molecule has 0 radical (unpaired) electrons. The third-order valence-corrected chi connectivity index (χ3v) is 5.57. The zero-order valence-corrected chi connectivity index (χ0v) is 13.1. The number of nitrogens with one attached hydrogen (secondary N) is 1. The Balaban J connectivity index is 1.69. The molecule has 1 unspecified atom stereocenters. The van der Waals surface area contributed by atoms with Crippen LogP contribution >= 0.6 is 0 Å². The smallest absolute Gasteiger partial charge is 0.236 e. The first-order valence-electron chi connectivity index (χ1n) is 8.40. The molecule has 0 aromatic heterocycles. The molecule has 1 saturated carbocycles. The second-order valence-corrected chi connectivity index (χ2v) is 6.92. The van der Waals surface area contributed by atoms with E-state index in [1.54, 1.807) is 7.05 Å². The molecule has 2 saturated heterocycles. The van der Waals surface area contributed by atoms with Crippen LogP contribution in [0.2, 0.25) is 0 Å². The van der Waals surface area contributed by atoms with Gasteiger partial charge < -0.3 is 15.1 Å². The number of piperidine rings is 1. The van der Waals surface area contributed by atoms with Crippen molar-refractivity contribution in [3.8, 4) is 0 Å². The topological polar surface area (TPSA) is 52.7 Å². The Morgan fingerprint density at radius 2 is 2.00 bits per heavy atom. The van der Waals surface area contributed by atoms with Gasteiger partial charge in [-0.05, 0) is 39.2 Å². The number of likely N-dealkylation sites (tertiary alicyclic amines) is 2. The molecule has 5 heteroatoms. The standard InChI is InChI=1S/C16H27N3O2/c1-17-11-14(20)18-10-8-16(12-18)7-4-9-19(15(16)21)13-5-2-3-6-13/h13,17H,2-12H2,1H3. The van der Waals surface area contributed by atoms with Gasteiger partial charge in [0.2, 0.25) is 11.8 Å². The molecule has 3 aliphatic rings. The molecule has 0 aromatic carbocycles. The van der Waals surface area contributed by atoms with Gasteiger partial charge >= 0.3 is 0 Å². The number of likely N-dealkylation sites (N-methyl/N-ethyl adjacent to an activating group) is 1. The number of amides is 2. The van der Waals surface area contributed by atoms with Crippen LogP contribution in [0.5, 0.6) is 0 Å². The van der Waals surface area contributed by atoms with Crippen LogP contribution in [0.15, 0.2) is 0 Å². The van der Waals surface area contributed by atoms with Gasteiger partial charge in [-0.3, -0.25) is 9.59 Å². The van der Waals surface area contributed by atoms with Gasteiger partial charge in [0.15, 0.2) is 0 Å². The van der Waals surface area contributed by atoms with E-state index in [-0.39, 0.29) is 11.3 Å². The van der Waals surface area contributed by atoms with Gasteiger partial charge in [0.25, 0.3) is 0 Å². The van der Waals surface area contributed by atoms with Gasteiger partial charge in [0.1, 0.15) is 0 Å². The summed E-state index contributed by atoms with van der Waals surface area (Å²) in [6, 6.07) is 0.469. The largest absolute Gasteiger partial charge is 0.340 e. The van der Waals surface area contributed by atoms with Gasteiger partial charge in [-0.1, -0.05) is 12.8 Å². The predicted octanol–water partition coefficient (Wildman–Crippen LogP) is 0.989. The Kier molecular flexibility index (Phi) is 4.20. The SMILES string of the molecule is CNCC(=O)N1CCC2(CCCN(C3CCCC3)C2=O)C1. The molecule has 5 nitrogen and oxygen atoms in total. The first-order valence-corrected chi connectivity index (χ1v) is 8.40. The third kappa shape index (κ3) is 2.68. The molecule has 2 heterocycles. The maximum atomic E-state index is 13.0.